The van der Waals surface area contributed by atoms with Gasteiger partial charge in [0, 0.05) is 30.8 Å². The fourth-order valence-electron chi connectivity index (χ4n) is 1.82. The third-order valence-electron chi connectivity index (χ3n) is 2.84. The van der Waals surface area contributed by atoms with E-state index in [1.807, 2.05) is 0 Å². The molecule has 0 fully saturated rings. The van der Waals surface area contributed by atoms with Crippen molar-refractivity contribution >= 4 is 5.69 Å². The number of nitrogens with zero attached hydrogens (tertiary/aromatic N) is 1. The van der Waals surface area contributed by atoms with Gasteiger partial charge in [-0.2, -0.15) is 0 Å². The number of phenols is 1. The minimum absolute atomic E-state index is 0.0258. The van der Waals surface area contributed by atoms with Crippen molar-refractivity contribution in [2.45, 2.75) is 13.1 Å². The van der Waals surface area contributed by atoms with E-state index >= 15 is 0 Å². The standard InChI is InChI=1S/C14H13FN2O3/c15-13-6-2-4-11(14(13)18)9-16-8-10-3-1-5-12(7-10)17(19)20/h1-7,16,18H,8-9H2. The summed E-state index contributed by atoms with van der Waals surface area (Å²) in [6.07, 6.45) is 0. The number of benzene rings is 2. The maximum Gasteiger partial charge on any atom is 0.269 e. The number of non-ortho nitro benzene ring substituents is 1. The third kappa shape index (κ3) is 3.30. The molecule has 0 heterocycles. The first-order chi connectivity index (χ1) is 9.58. The Hall–Kier alpha value is -2.47. The average Bonchev–Trinajstić information content (AvgIpc) is 2.44. The lowest BCUT2D eigenvalue weighted by molar-refractivity contribution is -0.384. The van der Waals surface area contributed by atoms with Gasteiger partial charge in [0.05, 0.1) is 4.92 Å². The van der Waals surface area contributed by atoms with Crippen LogP contribution in [0.1, 0.15) is 11.1 Å². The molecule has 0 bridgehead atoms. The Balaban J connectivity index is 1.98. The molecular formula is C14H13FN2O3. The van der Waals surface area contributed by atoms with Crippen LogP contribution >= 0.6 is 0 Å². The summed E-state index contributed by atoms with van der Waals surface area (Å²) in [5.74, 6) is -1.04. The summed E-state index contributed by atoms with van der Waals surface area (Å²) in [5.41, 5.74) is 1.21. The predicted molar refractivity (Wildman–Crippen MR) is 71.7 cm³/mol. The molecule has 0 saturated heterocycles. The van der Waals surface area contributed by atoms with Gasteiger partial charge in [0.1, 0.15) is 0 Å². The molecule has 0 amide bonds. The highest BCUT2D eigenvalue weighted by atomic mass is 19.1. The topological polar surface area (TPSA) is 75.4 Å². The van der Waals surface area contributed by atoms with Gasteiger partial charge in [-0.25, -0.2) is 4.39 Å². The molecular weight excluding hydrogens is 263 g/mol. The first-order valence-electron chi connectivity index (χ1n) is 5.98. The normalized spacial score (nSPS) is 10.4. The van der Waals surface area contributed by atoms with Crippen LogP contribution in [0.25, 0.3) is 0 Å². The Morgan fingerprint density at radius 1 is 1.20 bits per heavy atom. The van der Waals surface area contributed by atoms with Crippen molar-refractivity contribution in [2.75, 3.05) is 0 Å². The van der Waals surface area contributed by atoms with Gasteiger partial charge in [-0.15, -0.1) is 0 Å². The number of hydrogen-bond acceptors (Lipinski definition) is 4. The van der Waals surface area contributed by atoms with E-state index in [-0.39, 0.29) is 18.0 Å². The number of hydrogen-bond donors (Lipinski definition) is 2. The Labute approximate surface area is 114 Å². The number of nitro benzene ring substituents is 1. The second-order valence-corrected chi connectivity index (χ2v) is 4.28. The number of aromatic hydroxyl groups is 1. The smallest absolute Gasteiger partial charge is 0.269 e. The minimum atomic E-state index is -0.667. The first kappa shape index (κ1) is 14.0. The average molecular weight is 276 g/mol. The molecule has 5 nitrogen and oxygen atoms in total. The zero-order valence-electron chi connectivity index (χ0n) is 10.5. The van der Waals surface area contributed by atoms with Crippen LogP contribution in [0.5, 0.6) is 5.75 Å². The van der Waals surface area contributed by atoms with Crippen molar-refractivity contribution in [1.82, 2.24) is 5.32 Å². The second kappa shape index (κ2) is 6.12. The Morgan fingerprint density at radius 2 is 1.95 bits per heavy atom. The van der Waals surface area contributed by atoms with Crippen molar-refractivity contribution in [3.8, 4) is 5.75 Å². The summed E-state index contributed by atoms with van der Waals surface area (Å²) in [4.78, 5) is 10.2. The first-order valence-corrected chi connectivity index (χ1v) is 5.98. The maximum absolute atomic E-state index is 13.1. The van der Waals surface area contributed by atoms with E-state index in [2.05, 4.69) is 5.32 Å². The van der Waals surface area contributed by atoms with E-state index in [9.17, 15) is 19.6 Å². The maximum atomic E-state index is 13.1. The predicted octanol–water partition coefficient (Wildman–Crippen LogP) is 2.73. The lowest BCUT2D eigenvalue weighted by Crippen LogP contribution is -2.13. The van der Waals surface area contributed by atoms with Gasteiger partial charge >= 0.3 is 0 Å². The van der Waals surface area contributed by atoms with Crippen molar-refractivity contribution in [3.05, 3.63) is 69.5 Å². The van der Waals surface area contributed by atoms with Crippen LogP contribution in [0.4, 0.5) is 10.1 Å². The van der Waals surface area contributed by atoms with Crippen LogP contribution in [-0.4, -0.2) is 10.0 Å². The summed E-state index contributed by atoms with van der Waals surface area (Å²) < 4.78 is 13.1. The monoisotopic (exact) mass is 276 g/mol. The number of halogens is 1. The highest BCUT2D eigenvalue weighted by molar-refractivity contribution is 5.35. The second-order valence-electron chi connectivity index (χ2n) is 4.28. The molecule has 0 unspecified atom stereocenters. The lowest BCUT2D eigenvalue weighted by atomic mass is 10.1. The highest BCUT2D eigenvalue weighted by Gasteiger charge is 2.07. The minimum Gasteiger partial charge on any atom is -0.505 e. The van der Waals surface area contributed by atoms with Gasteiger partial charge in [0.15, 0.2) is 11.6 Å². The molecule has 0 aliphatic heterocycles. The van der Waals surface area contributed by atoms with Crippen LogP contribution in [0, 0.1) is 15.9 Å². The van der Waals surface area contributed by atoms with Gasteiger partial charge in [0.2, 0.25) is 0 Å². The van der Waals surface area contributed by atoms with Crippen LogP contribution in [0.15, 0.2) is 42.5 Å². The Kier molecular flexibility index (Phi) is 4.27. The molecule has 104 valence electrons. The largest absolute Gasteiger partial charge is 0.505 e. The number of para-hydroxylation sites is 1. The fourth-order valence-corrected chi connectivity index (χ4v) is 1.82. The lowest BCUT2D eigenvalue weighted by Gasteiger charge is -2.07. The zero-order chi connectivity index (χ0) is 14.5. The molecule has 0 aromatic heterocycles. The van der Waals surface area contributed by atoms with E-state index in [1.54, 1.807) is 18.2 Å². The molecule has 2 aromatic carbocycles. The number of phenolic OH excluding ortho intramolecular Hbond substituents is 1. The van der Waals surface area contributed by atoms with Gasteiger partial charge in [-0.05, 0) is 11.6 Å². The molecule has 0 atom stereocenters. The third-order valence-corrected chi connectivity index (χ3v) is 2.84. The van der Waals surface area contributed by atoms with Crippen molar-refractivity contribution in [3.63, 3.8) is 0 Å². The summed E-state index contributed by atoms with van der Waals surface area (Å²) in [7, 11) is 0. The van der Waals surface area contributed by atoms with E-state index in [0.717, 1.165) is 5.56 Å². The Morgan fingerprint density at radius 3 is 2.70 bits per heavy atom. The van der Waals surface area contributed by atoms with Gasteiger partial charge in [-0.3, -0.25) is 10.1 Å². The molecule has 0 radical (unpaired) electrons. The van der Waals surface area contributed by atoms with Crippen molar-refractivity contribution < 1.29 is 14.4 Å². The molecule has 2 rings (SSSR count). The number of rotatable bonds is 5. The molecule has 2 N–H and O–H groups in total. The molecule has 20 heavy (non-hydrogen) atoms. The van der Waals surface area contributed by atoms with Crippen LogP contribution in [0.3, 0.4) is 0 Å². The van der Waals surface area contributed by atoms with Gasteiger partial charge in [-0.1, -0.05) is 24.3 Å². The van der Waals surface area contributed by atoms with Crippen molar-refractivity contribution in [2.24, 2.45) is 0 Å². The van der Waals surface area contributed by atoms with E-state index < -0.39 is 10.7 Å². The zero-order valence-corrected chi connectivity index (χ0v) is 10.5. The summed E-state index contributed by atoms with van der Waals surface area (Å²) >= 11 is 0. The molecule has 0 saturated carbocycles. The van der Waals surface area contributed by atoms with E-state index in [0.29, 0.717) is 12.1 Å². The molecule has 0 aliphatic rings. The molecule has 0 aliphatic carbocycles. The van der Waals surface area contributed by atoms with Crippen LogP contribution in [-0.2, 0) is 13.1 Å². The molecule has 6 heteroatoms. The molecule has 0 spiro atoms. The van der Waals surface area contributed by atoms with Crippen LogP contribution in [0.2, 0.25) is 0 Å². The van der Waals surface area contributed by atoms with Gasteiger partial charge < -0.3 is 10.4 Å². The summed E-state index contributed by atoms with van der Waals surface area (Å²) in [6, 6.07) is 10.6. The fraction of sp³-hybridized carbons (Fsp3) is 0.143. The van der Waals surface area contributed by atoms with Crippen molar-refractivity contribution in [1.29, 1.82) is 0 Å². The molecule has 2 aromatic rings. The quantitative estimate of drug-likeness (QED) is 0.650. The van der Waals surface area contributed by atoms with E-state index in [1.165, 1.54) is 24.3 Å². The van der Waals surface area contributed by atoms with E-state index in [4.69, 9.17) is 0 Å². The van der Waals surface area contributed by atoms with Crippen LogP contribution < -0.4 is 5.32 Å². The van der Waals surface area contributed by atoms with Gasteiger partial charge in [0.25, 0.3) is 5.69 Å². The SMILES string of the molecule is O=[N+]([O-])c1cccc(CNCc2cccc(F)c2O)c1. The Bertz CT molecular complexity index is 632. The highest BCUT2D eigenvalue weighted by Crippen LogP contribution is 2.20. The summed E-state index contributed by atoms with van der Waals surface area (Å²) in [6.45, 7) is 0.657. The number of nitro groups is 1. The number of nitrogens with one attached hydrogen (secondary N) is 1. The summed E-state index contributed by atoms with van der Waals surface area (Å²) in [5, 5.41) is 23.2.